The summed E-state index contributed by atoms with van der Waals surface area (Å²) in [7, 11) is -3.52. The fourth-order valence-electron chi connectivity index (χ4n) is 1.88. The van der Waals surface area contributed by atoms with Crippen LogP contribution >= 0.6 is 0 Å². The Kier molecular flexibility index (Phi) is 4.54. The summed E-state index contributed by atoms with van der Waals surface area (Å²) in [6.07, 6.45) is 0. The number of sulfonamides is 1. The van der Waals surface area contributed by atoms with E-state index in [1.807, 2.05) is 43.3 Å². The van der Waals surface area contributed by atoms with Crippen molar-refractivity contribution in [2.75, 3.05) is 6.54 Å². The molecule has 2 rings (SSSR count). The third-order valence-electron chi connectivity index (χ3n) is 3.02. The molecule has 0 heterocycles. The molecule has 0 aliphatic carbocycles. The summed E-state index contributed by atoms with van der Waals surface area (Å²) in [5.74, 6) is 0. The molecular formula is C15H18N2O2S. The smallest absolute Gasteiger partial charge is 0.240 e. The molecule has 2 aromatic rings. The van der Waals surface area contributed by atoms with E-state index < -0.39 is 10.0 Å². The van der Waals surface area contributed by atoms with Gasteiger partial charge in [-0.25, -0.2) is 13.1 Å². The Bertz CT molecular complexity index is 669. The Labute approximate surface area is 119 Å². The minimum Gasteiger partial charge on any atom is -0.323 e. The van der Waals surface area contributed by atoms with E-state index in [1.165, 1.54) is 0 Å². The van der Waals surface area contributed by atoms with Gasteiger partial charge in [0.2, 0.25) is 10.0 Å². The highest BCUT2D eigenvalue weighted by Crippen LogP contribution is 2.13. The van der Waals surface area contributed by atoms with Gasteiger partial charge in [-0.05, 0) is 30.2 Å². The first-order valence-electron chi connectivity index (χ1n) is 6.36. The quantitative estimate of drug-likeness (QED) is 0.884. The van der Waals surface area contributed by atoms with Crippen LogP contribution in [0.25, 0.3) is 0 Å². The monoisotopic (exact) mass is 290 g/mol. The standard InChI is InChI=1S/C15H18N2O2S/c1-12-6-5-9-14(10-12)20(18,19)17-11-15(16)13-7-3-2-4-8-13/h2-10,15,17H,11,16H2,1H3. The van der Waals surface area contributed by atoms with Crippen molar-refractivity contribution in [1.82, 2.24) is 4.72 Å². The number of hydrogen-bond donors (Lipinski definition) is 2. The van der Waals surface area contributed by atoms with Gasteiger partial charge in [0.05, 0.1) is 4.90 Å². The van der Waals surface area contributed by atoms with E-state index in [0.717, 1.165) is 11.1 Å². The lowest BCUT2D eigenvalue weighted by molar-refractivity contribution is 0.572. The highest BCUT2D eigenvalue weighted by atomic mass is 32.2. The molecule has 0 aliphatic heterocycles. The average Bonchev–Trinajstić information content (AvgIpc) is 2.46. The SMILES string of the molecule is Cc1cccc(S(=O)(=O)NCC(N)c2ccccc2)c1. The third-order valence-corrected chi connectivity index (χ3v) is 4.44. The largest absolute Gasteiger partial charge is 0.323 e. The van der Waals surface area contributed by atoms with E-state index >= 15 is 0 Å². The van der Waals surface area contributed by atoms with Gasteiger partial charge in [0.15, 0.2) is 0 Å². The summed E-state index contributed by atoms with van der Waals surface area (Å²) in [6, 6.07) is 15.8. The predicted octanol–water partition coefficient (Wildman–Crippen LogP) is 1.97. The first-order chi connectivity index (χ1) is 9.49. The van der Waals surface area contributed by atoms with Gasteiger partial charge in [0.1, 0.15) is 0 Å². The first kappa shape index (κ1) is 14.7. The molecule has 0 aliphatic rings. The maximum absolute atomic E-state index is 12.2. The lowest BCUT2D eigenvalue weighted by atomic mass is 10.1. The Morgan fingerprint density at radius 1 is 1.10 bits per heavy atom. The lowest BCUT2D eigenvalue weighted by Gasteiger charge is -2.13. The summed E-state index contributed by atoms with van der Waals surface area (Å²) < 4.78 is 26.9. The van der Waals surface area contributed by atoms with Gasteiger partial charge >= 0.3 is 0 Å². The molecule has 2 aromatic carbocycles. The lowest BCUT2D eigenvalue weighted by Crippen LogP contribution is -2.32. The van der Waals surface area contributed by atoms with Crippen LogP contribution in [0, 0.1) is 6.92 Å². The topological polar surface area (TPSA) is 72.2 Å². The van der Waals surface area contributed by atoms with Crippen LogP contribution in [0.4, 0.5) is 0 Å². The summed E-state index contributed by atoms with van der Waals surface area (Å²) in [6.45, 7) is 2.02. The van der Waals surface area contributed by atoms with Gasteiger partial charge in [-0.3, -0.25) is 0 Å². The molecule has 4 nitrogen and oxygen atoms in total. The number of nitrogens with one attached hydrogen (secondary N) is 1. The van der Waals surface area contributed by atoms with Gasteiger partial charge in [0.25, 0.3) is 0 Å². The molecule has 5 heteroatoms. The minimum absolute atomic E-state index is 0.167. The molecule has 0 radical (unpaired) electrons. The van der Waals surface area contributed by atoms with Crippen LogP contribution < -0.4 is 10.5 Å². The second kappa shape index (κ2) is 6.17. The highest BCUT2D eigenvalue weighted by Gasteiger charge is 2.15. The van der Waals surface area contributed by atoms with Crippen LogP contribution in [0.3, 0.4) is 0 Å². The van der Waals surface area contributed by atoms with Gasteiger partial charge in [-0.1, -0.05) is 42.5 Å². The van der Waals surface area contributed by atoms with Crippen molar-refractivity contribution in [3.05, 3.63) is 65.7 Å². The van der Waals surface area contributed by atoms with Crippen LogP contribution in [-0.4, -0.2) is 15.0 Å². The van der Waals surface area contributed by atoms with Crippen LogP contribution in [-0.2, 0) is 10.0 Å². The van der Waals surface area contributed by atoms with Gasteiger partial charge in [-0.15, -0.1) is 0 Å². The second-order valence-corrected chi connectivity index (χ2v) is 6.45. The van der Waals surface area contributed by atoms with Crippen LogP contribution in [0.1, 0.15) is 17.2 Å². The molecule has 0 amide bonds. The van der Waals surface area contributed by atoms with Crippen molar-refractivity contribution in [1.29, 1.82) is 0 Å². The minimum atomic E-state index is -3.52. The molecule has 1 unspecified atom stereocenters. The van der Waals surface area contributed by atoms with Crippen molar-refractivity contribution in [2.24, 2.45) is 5.73 Å². The summed E-state index contributed by atoms with van der Waals surface area (Å²) in [5.41, 5.74) is 7.79. The molecule has 0 bridgehead atoms. The average molecular weight is 290 g/mol. The van der Waals surface area contributed by atoms with E-state index in [2.05, 4.69) is 4.72 Å². The van der Waals surface area contributed by atoms with Gasteiger partial charge in [-0.2, -0.15) is 0 Å². The zero-order valence-corrected chi connectivity index (χ0v) is 12.1. The second-order valence-electron chi connectivity index (χ2n) is 4.69. The van der Waals surface area contributed by atoms with Crippen molar-refractivity contribution < 1.29 is 8.42 Å². The van der Waals surface area contributed by atoms with E-state index in [9.17, 15) is 8.42 Å². The normalized spacial score (nSPS) is 13.1. The Morgan fingerprint density at radius 2 is 1.80 bits per heavy atom. The van der Waals surface area contributed by atoms with Crippen LogP contribution in [0.5, 0.6) is 0 Å². The fourth-order valence-corrected chi connectivity index (χ4v) is 3.05. The molecule has 0 saturated heterocycles. The molecule has 1 atom stereocenters. The van der Waals surface area contributed by atoms with Crippen molar-refractivity contribution in [2.45, 2.75) is 17.9 Å². The molecule has 3 N–H and O–H groups in total. The Morgan fingerprint density at radius 3 is 2.45 bits per heavy atom. The maximum atomic E-state index is 12.2. The third kappa shape index (κ3) is 3.66. The van der Waals surface area contributed by atoms with Crippen molar-refractivity contribution in [3.8, 4) is 0 Å². The zero-order valence-electron chi connectivity index (χ0n) is 11.3. The predicted molar refractivity (Wildman–Crippen MR) is 79.7 cm³/mol. The van der Waals surface area contributed by atoms with Crippen LogP contribution in [0.15, 0.2) is 59.5 Å². The number of hydrogen-bond acceptors (Lipinski definition) is 3. The number of benzene rings is 2. The number of aryl methyl sites for hydroxylation is 1. The van der Waals surface area contributed by atoms with Gasteiger partial charge in [0, 0.05) is 12.6 Å². The molecule has 20 heavy (non-hydrogen) atoms. The Balaban J connectivity index is 2.07. The number of rotatable bonds is 5. The van der Waals surface area contributed by atoms with E-state index in [-0.39, 0.29) is 17.5 Å². The van der Waals surface area contributed by atoms with E-state index in [1.54, 1.807) is 18.2 Å². The summed E-state index contributed by atoms with van der Waals surface area (Å²) >= 11 is 0. The zero-order chi connectivity index (χ0) is 14.6. The van der Waals surface area contributed by atoms with Crippen LogP contribution in [0.2, 0.25) is 0 Å². The number of nitrogens with two attached hydrogens (primary N) is 1. The molecule has 106 valence electrons. The van der Waals surface area contributed by atoms with Gasteiger partial charge < -0.3 is 5.73 Å². The Hall–Kier alpha value is -1.69. The fraction of sp³-hybridized carbons (Fsp3) is 0.200. The molecular weight excluding hydrogens is 272 g/mol. The molecule has 0 aromatic heterocycles. The molecule has 0 fully saturated rings. The molecule has 0 spiro atoms. The summed E-state index contributed by atoms with van der Waals surface area (Å²) in [4.78, 5) is 0.262. The maximum Gasteiger partial charge on any atom is 0.240 e. The first-order valence-corrected chi connectivity index (χ1v) is 7.84. The van der Waals surface area contributed by atoms with E-state index in [0.29, 0.717) is 0 Å². The van der Waals surface area contributed by atoms with Crippen molar-refractivity contribution >= 4 is 10.0 Å². The highest BCUT2D eigenvalue weighted by molar-refractivity contribution is 7.89. The summed E-state index contributed by atoms with van der Waals surface area (Å²) in [5, 5.41) is 0. The van der Waals surface area contributed by atoms with E-state index in [4.69, 9.17) is 5.73 Å². The van der Waals surface area contributed by atoms with Crippen molar-refractivity contribution in [3.63, 3.8) is 0 Å². The molecule has 0 saturated carbocycles.